The Morgan fingerprint density at radius 1 is 1.07 bits per heavy atom. The Kier molecular flexibility index (Phi) is 1.79. The number of rotatable bonds is 0. The number of hydrogen-bond acceptors (Lipinski definition) is 2. The van der Waals surface area contributed by atoms with Crippen LogP contribution in [0.5, 0.6) is 0 Å². The Morgan fingerprint density at radius 3 is 2.07 bits per heavy atom. The summed E-state index contributed by atoms with van der Waals surface area (Å²) in [5, 5.41) is 0. The van der Waals surface area contributed by atoms with Crippen molar-refractivity contribution in [2.24, 2.45) is 17.4 Å². The van der Waals surface area contributed by atoms with Crippen LogP contribution in [0.15, 0.2) is 24.3 Å². The minimum absolute atomic E-state index is 0.0695. The highest BCUT2D eigenvalue weighted by atomic mass is 15.0. The molecule has 0 spiro atoms. The summed E-state index contributed by atoms with van der Waals surface area (Å²) in [6, 6.07) is 8.23. The molecule has 0 amide bonds. The zero-order valence-corrected chi connectivity index (χ0v) is 9.04. The van der Waals surface area contributed by atoms with Gasteiger partial charge in [0, 0.05) is 5.92 Å². The van der Waals surface area contributed by atoms with Gasteiger partial charge in [0.2, 0.25) is 0 Å². The highest BCUT2D eigenvalue weighted by Crippen LogP contribution is 2.48. The molecule has 1 atom stereocenters. The Morgan fingerprint density at radius 2 is 1.57 bits per heavy atom. The summed E-state index contributed by atoms with van der Waals surface area (Å²) in [5.41, 5.74) is 14.1. The first-order valence-electron chi connectivity index (χ1n) is 5.06. The fraction of sp³-hybridized carbons (Fsp3) is 0.500. The summed E-state index contributed by atoms with van der Waals surface area (Å²) in [6.45, 7) is 6.54. The molecule has 0 aromatic heterocycles. The van der Waals surface area contributed by atoms with Gasteiger partial charge in [0.15, 0.2) is 0 Å². The predicted octanol–water partition coefficient (Wildman–Crippen LogP) is 1.68. The van der Waals surface area contributed by atoms with E-state index in [4.69, 9.17) is 11.5 Å². The second kappa shape index (κ2) is 2.59. The lowest BCUT2D eigenvalue weighted by Gasteiger charge is -2.32. The Balaban J connectivity index is 2.70. The van der Waals surface area contributed by atoms with E-state index in [1.807, 2.05) is 12.1 Å². The highest BCUT2D eigenvalue weighted by Gasteiger charge is 2.49. The Labute approximate surface area is 85.3 Å². The van der Waals surface area contributed by atoms with Crippen molar-refractivity contribution in [1.82, 2.24) is 0 Å². The van der Waals surface area contributed by atoms with Gasteiger partial charge in [0.1, 0.15) is 0 Å². The van der Waals surface area contributed by atoms with E-state index < -0.39 is 5.66 Å². The van der Waals surface area contributed by atoms with Crippen LogP contribution in [0.4, 0.5) is 0 Å². The summed E-state index contributed by atoms with van der Waals surface area (Å²) >= 11 is 0. The van der Waals surface area contributed by atoms with Crippen molar-refractivity contribution in [3.05, 3.63) is 35.4 Å². The Bertz CT molecular complexity index is 331. The molecule has 0 radical (unpaired) electrons. The minimum Gasteiger partial charge on any atom is -0.309 e. The molecule has 1 unspecified atom stereocenters. The molecule has 4 N–H and O–H groups in total. The number of fused-ring (bicyclic) bond motifs is 1. The summed E-state index contributed by atoms with van der Waals surface area (Å²) in [5.74, 6) is 0.257. The molecule has 0 saturated heterocycles. The Hall–Kier alpha value is -0.860. The third kappa shape index (κ3) is 0.983. The lowest BCUT2D eigenvalue weighted by atomic mass is 9.77. The topological polar surface area (TPSA) is 52.0 Å². The molecule has 0 bridgehead atoms. The van der Waals surface area contributed by atoms with Crippen molar-refractivity contribution in [1.29, 1.82) is 0 Å². The molecular formula is C12H18N2. The zero-order valence-electron chi connectivity index (χ0n) is 9.04. The molecule has 1 aromatic rings. The SMILES string of the molecule is CC1C(C)(C)c2ccccc2C1(N)N. The monoisotopic (exact) mass is 190 g/mol. The van der Waals surface area contributed by atoms with Crippen LogP contribution in [0.1, 0.15) is 31.9 Å². The molecule has 2 heteroatoms. The van der Waals surface area contributed by atoms with Gasteiger partial charge in [0.05, 0.1) is 5.66 Å². The second-order valence-electron chi connectivity index (χ2n) is 4.92. The second-order valence-corrected chi connectivity index (χ2v) is 4.92. The summed E-state index contributed by atoms with van der Waals surface area (Å²) in [7, 11) is 0. The van der Waals surface area contributed by atoms with Gasteiger partial charge in [-0.3, -0.25) is 0 Å². The normalized spacial score (nSPS) is 27.4. The first-order valence-corrected chi connectivity index (χ1v) is 5.06. The van der Waals surface area contributed by atoms with E-state index in [9.17, 15) is 0 Å². The average molecular weight is 190 g/mol. The molecule has 1 aliphatic rings. The number of nitrogens with two attached hydrogens (primary N) is 2. The highest BCUT2D eigenvalue weighted by molar-refractivity contribution is 5.45. The average Bonchev–Trinajstić information content (AvgIpc) is 2.28. The third-order valence-corrected chi connectivity index (χ3v) is 3.89. The maximum Gasteiger partial charge on any atom is 0.0936 e. The van der Waals surface area contributed by atoms with Crippen molar-refractivity contribution in [3.8, 4) is 0 Å². The van der Waals surface area contributed by atoms with Crippen LogP contribution < -0.4 is 11.5 Å². The van der Waals surface area contributed by atoms with E-state index in [2.05, 4.69) is 32.9 Å². The van der Waals surface area contributed by atoms with Gasteiger partial charge in [-0.05, 0) is 16.5 Å². The van der Waals surface area contributed by atoms with Crippen LogP contribution in [-0.2, 0) is 11.1 Å². The summed E-state index contributed by atoms with van der Waals surface area (Å²) in [6.07, 6.45) is 0. The van der Waals surface area contributed by atoms with Crippen molar-refractivity contribution >= 4 is 0 Å². The van der Waals surface area contributed by atoms with E-state index in [0.717, 1.165) is 5.56 Å². The standard InChI is InChI=1S/C12H18N2/c1-8-11(2,3)9-6-4-5-7-10(9)12(8,13)14/h4-8H,13-14H2,1-3H3. The molecule has 0 aliphatic heterocycles. The van der Waals surface area contributed by atoms with Crippen LogP contribution in [0, 0.1) is 5.92 Å². The van der Waals surface area contributed by atoms with E-state index in [0.29, 0.717) is 0 Å². The van der Waals surface area contributed by atoms with E-state index in [1.165, 1.54) is 5.56 Å². The van der Waals surface area contributed by atoms with E-state index >= 15 is 0 Å². The lowest BCUT2D eigenvalue weighted by Crippen LogP contribution is -2.51. The van der Waals surface area contributed by atoms with Crippen molar-refractivity contribution in [2.45, 2.75) is 31.8 Å². The van der Waals surface area contributed by atoms with Gasteiger partial charge >= 0.3 is 0 Å². The van der Waals surface area contributed by atoms with Gasteiger partial charge in [-0.1, -0.05) is 45.0 Å². The molecule has 76 valence electrons. The van der Waals surface area contributed by atoms with Gasteiger partial charge in [0.25, 0.3) is 0 Å². The summed E-state index contributed by atoms with van der Waals surface area (Å²) in [4.78, 5) is 0. The fourth-order valence-corrected chi connectivity index (χ4v) is 2.49. The molecule has 1 aromatic carbocycles. The molecule has 0 saturated carbocycles. The van der Waals surface area contributed by atoms with E-state index in [-0.39, 0.29) is 11.3 Å². The quantitative estimate of drug-likeness (QED) is 0.612. The largest absolute Gasteiger partial charge is 0.309 e. The number of benzene rings is 1. The van der Waals surface area contributed by atoms with E-state index in [1.54, 1.807) is 0 Å². The van der Waals surface area contributed by atoms with Crippen LogP contribution in [0.2, 0.25) is 0 Å². The van der Waals surface area contributed by atoms with Crippen molar-refractivity contribution in [3.63, 3.8) is 0 Å². The summed E-state index contributed by atoms with van der Waals surface area (Å²) < 4.78 is 0. The van der Waals surface area contributed by atoms with Gasteiger partial charge in [-0.2, -0.15) is 0 Å². The molecule has 2 rings (SSSR count). The molecule has 0 fully saturated rings. The number of hydrogen-bond donors (Lipinski definition) is 2. The lowest BCUT2D eigenvalue weighted by molar-refractivity contribution is 0.239. The first kappa shape index (κ1) is 9.69. The van der Waals surface area contributed by atoms with Crippen LogP contribution in [0.25, 0.3) is 0 Å². The fourth-order valence-electron chi connectivity index (χ4n) is 2.49. The predicted molar refractivity (Wildman–Crippen MR) is 58.7 cm³/mol. The maximum atomic E-state index is 6.19. The first-order chi connectivity index (χ1) is 6.38. The molecule has 0 heterocycles. The molecular weight excluding hydrogens is 172 g/mol. The zero-order chi connectivity index (χ0) is 10.6. The van der Waals surface area contributed by atoms with Gasteiger partial charge in [-0.25, -0.2) is 0 Å². The van der Waals surface area contributed by atoms with Crippen LogP contribution in [0.3, 0.4) is 0 Å². The molecule has 2 nitrogen and oxygen atoms in total. The molecule has 14 heavy (non-hydrogen) atoms. The van der Waals surface area contributed by atoms with Crippen LogP contribution in [-0.4, -0.2) is 0 Å². The van der Waals surface area contributed by atoms with Crippen molar-refractivity contribution in [2.75, 3.05) is 0 Å². The maximum absolute atomic E-state index is 6.19. The minimum atomic E-state index is -0.680. The molecule has 1 aliphatic carbocycles. The van der Waals surface area contributed by atoms with Gasteiger partial charge in [-0.15, -0.1) is 0 Å². The third-order valence-electron chi connectivity index (χ3n) is 3.89. The smallest absolute Gasteiger partial charge is 0.0936 e. The van der Waals surface area contributed by atoms with Gasteiger partial charge < -0.3 is 11.5 Å². The van der Waals surface area contributed by atoms with Crippen LogP contribution >= 0.6 is 0 Å². The van der Waals surface area contributed by atoms with Crippen molar-refractivity contribution < 1.29 is 0 Å².